The summed E-state index contributed by atoms with van der Waals surface area (Å²) in [6.07, 6.45) is 0.973. The molecule has 0 saturated carbocycles. The molecule has 0 aromatic heterocycles. The molecule has 0 aliphatic rings. The van der Waals surface area contributed by atoms with Crippen LogP contribution < -0.4 is 15.8 Å². The van der Waals surface area contributed by atoms with Crippen LogP contribution in [0.4, 0.5) is 0 Å². The summed E-state index contributed by atoms with van der Waals surface area (Å²) in [5.41, 5.74) is 8.10. The Morgan fingerprint density at radius 3 is 2.52 bits per heavy atom. The highest BCUT2D eigenvalue weighted by Crippen LogP contribution is 2.14. The quantitative estimate of drug-likeness (QED) is 0.319. The number of methoxy groups -OCH3 is 1. The van der Waals surface area contributed by atoms with Gasteiger partial charge in [-0.2, -0.15) is 0 Å². The second kappa shape index (κ2) is 10.5. The molecule has 0 heterocycles. The number of guanidine groups is 1. The third-order valence-corrected chi connectivity index (χ3v) is 2.89. The lowest BCUT2D eigenvalue weighted by Crippen LogP contribution is -2.33. The van der Waals surface area contributed by atoms with Crippen molar-refractivity contribution < 1.29 is 4.74 Å². The molecular formula is C16H26IN3O. The predicted molar refractivity (Wildman–Crippen MR) is 101 cm³/mol. The number of rotatable bonds is 7. The normalized spacial score (nSPS) is 12.2. The summed E-state index contributed by atoms with van der Waals surface area (Å²) in [7, 11) is 1.67. The third-order valence-electron chi connectivity index (χ3n) is 2.89. The molecular weight excluding hydrogens is 377 g/mol. The first-order valence-electron chi connectivity index (χ1n) is 6.82. The van der Waals surface area contributed by atoms with Crippen molar-refractivity contribution in [3.05, 3.63) is 42.0 Å². The number of nitrogens with two attached hydrogens (primary N) is 1. The molecule has 0 aliphatic heterocycles. The first kappa shape index (κ1) is 19.8. The van der Waals surface area contributed by atoms with E-state index in [1.54, 1.807) is 7.11 Å². The zero-order valence-corrected chi connectivity index (χ0v) is 15.4. The highest BCUT2D eigenvalue weighted by molar-refractivity contribution is 14.0. The highest BCUT2D eigenvalue weighted by atomic mass is 127. The van der Waals surface area contributed by atoms with Crippen molar-refractivity contribution in [2.45, 2.75) is 20.3 Å². The standard InChI is InChI=1S/C16H25N3O.HI/c1-12(2)10-18-16(17)19-11-13(3)9-14-5-7-15(20-4)8-6-14;/h5-8,13H,1,9-11H2,2-4H3,(H3,17,18,19);1H. The van der Waals surface area contributed by atoms with Crippen LogP contribution in [0.2, 0.25) is 0 Å². The fourth-order valence-corrected chi connectivity index (χ4v) is 1.78. The molecule has 118 valence electrons. The van der Waals surface area contributed by atoms with Crippen molar-refractivity contribution in [1.29, 1.82) is 0 Å². The van der Waals surface area contributed by atoms with Gasteiger partial charge in [0.25, 0.3) is 0 Å². The van der Waals surface area contributed by atoms with Crippen LogP contribution in [-0.2, 0) is 6.42 Å². The Labute approximate surface area is 144 Å². The molecule has 0 aliphatic carbocycles. The van der Waals surface area contributed by atoms with Crippen molar-refractivity contribution in [2.24, 2.45) is 16.6 Å². The van der Waals surface area contributed by atoms with E-state index in [4.69, 9.17) is 10.5 Å². The van der Waals surface area contributed by atoms with E-state index in [-0.39, 0.29) is 24.0 Å². The van der Waals surface area contributed by atoms with Crippen molar-refractivity contribution >= 4 is 29.9 Å². The maximum absolute atomic E-state index is 5.78. The first-order chi connectivity index (χ1) is 9.51. The molecule has 0 fully saturated rings. The van der Waals surface area contributed by atoms with Gasteiger partial charge in [-0.1, -0.05) is 31.2 Å². The minimum Gasteiger partial charge on any atom is -0.497 e. The summed E-state index contributed by atoms with van der Waals surface area (Å²) in [5, 5.41) is 3.03. The maximum Gasteiger partial charge on any atom is 0.188 e. The Hall–Kier alpha value is -1.24. The van der Waals surface area contributed by atoms with Gasteiger partial charge >= 0.3 is 0 Å². The number of halogens is 1. The number of nitrogens with zero attached hydrogens (tertiary/aromatic N) is 1. The summed E-state index contributed by atoms with van der Waals surface area (Å²) in [6.45, 7) is 9.30. The fourth-order valence-electron chi connectivity index (χ4n) is 1.78. The Morgan fingerprint density at radius 2 is 2.00 bits per heavy atom. The molecule has 0 bridgehead atoms. The fraction of sp³-hybridized carbons (Fsp3) is 0.438. The SMILES string of the molecule is C=C(C)CNC(N)=NCC(C)Cc1ccc(OC)cc1.I. The van der Waals surface area contributed by atoms with E-state index in [2.05, 4.69) is 35.9 Å². The number of benzene rings is 1. The molecule has 1 aromatic carbocycles. The topological polar surface area (TPSA) is 59.6 Å². The van der Waals surface area contributed by atoms with E-state index in [9.17, 15) is 0 Å². The minimum absolute atomic E-state index is 0. The van der Waals surface area contributed by atoms with Crippen LogP contribution in [0, 0.1) is 5.92 Å². The largest absolute Gasteiger partial charge is 0.497 e. The first-order valence-corrected chi connectivity index (χ1v) is 6.82. The second-order valence-corrected chi connectivity index (χ2v) is 5.19. The zero-order chi connectivity index (χ0) is 15.0. The van der Waals surface area contributed by atoms with Gasteiger partial charge in [0.05, 0.1) is 7.11 Å². The number of hydrogen-bond acceptors (Lipinski definition) is 2. The molecule has 3 N–H and O–H groups in total. The molecule has 0 spiro atoms. The van der Waals surface area contributed by atoms with Crippen molar-refractivity contribution in [2.75, 3.05) is 20.2 Å². The van der Waals surface area contributed by atoms with Gasteiger partial charge in [0.1, 0.15) is 5.75 Å². The highest BCUT2D eigenvalue weighted by Gasteiger charge is 2.04. The molecule has 0 radical (unpaired) electrons. The lowest BCUT2D eigenvalue weighted by molar-refractivity contribution is 0.414. The van der Waals surface area contributed by atoms with Gasteiger partial charge in [-0.3, -0.25) is 4.99 Å². The van der Waals surface area contributed by atoms with Crippen LogP contribution in [0.25, 0.3) is 0 Å². The zero-order valence-electron chi connectivity index (χ0n) is 13.1. The number of hydrogen-bond donors (Lipinski definition) is 2. The van der Waals surface area contributed by atoms with Crippen LogP contribution in [0.1, 0.15) is 19.4 Å². The average Bonchev–Trinajstić information content (AvgIpc) is 2.43. The van der Waals surface area contributed by atoms with Crippen LogP contribution in [-0.4, -0.2) is 26.2 Å². The van der Waals surface area contributed by atoms with Gasteiger partial charge in [0, 0.05) is 13.1 Å². The Kier molecular flexibility index (Phi) is 9.86. The van der Waals surface area contributed by atoms with E-state index < -0.39 is 0 Å². The monoisotopic (exact) mass is 403 g/mol. The van der Waals surface area contributed by atoms with E-state index in [1.165, 1.54) is 5.56 Å². The van der Waals surface area contributed by atoms with E-state index in [1.807, 2.05) is 19.1 Å². The van der Waals surface area contributed by atoms with Gasteiger partial charge in [0.2, 0.25) is 0 Å². The number of nitrogens with one attached hydrogen (secondary N) is 1. The van der Waals surface area contributed by atoms with Crippen LogP contribution >= 0.6 is 24.0 Å². The van der Waals surface area contributed by atoms with E-state index in [0.29, 0.717) is 25.0 Å². The molecule has 1 rings (SSSR count). The summed E-state index contributed by atoms with van der Waals surface area (Å²) in [4.78, 5) is 4.34. The van der Waals surface area contributed by atoms with E-state index >= 15 is 0 Å². The lowest BCUT2D eigenvalue weighted by atomic mass is 10.0. The Bertz CT molecular complexity index is 457. The molecule has 5 heteroatoms. The summed E-state index contributed by atoms with van der Waals surface area (Å²) in [6, 6.07) is 8.13. The molecule has 1 unspecified atom stereocenters. The second-order valence-electron chi connectivity index (χ2n) is 5.19. The van der Waals surface area contributed by atoms with E-state index in [0.717, 1.165) is 17.7 Å². The number of aliphatic imine (C=N–C) groups is 1. The Balaban J connectivity index is 0.00000400. The molecule has 4 nitrogen and oxygen atoms in total. The van der Waals surface area contributed by atoms with Gasteiger partial charge in [-0.15, -0.1) is 24.0 Å². The predicted octanol–water partition coefficient (Wildman–Crippen LogP) is 2.97. The van der Waals surface area contributed by atoms with Crippen LogP contribution in [0.15, 0.2) is 41.4 Å². The van der Waals surface area contributed by atoms with Crippen LogP contribution in [0.3, 0.4) is 0 Å². The molecule has 21 heavy (non-hydrogen) atoms. The molecule has 0 amide bonds. The van der Waals surface area contributed by atoms with Gasteiger partial charge in [-0.25, -0.2) is 0 Å². The summed E-state index contributed by atoms with van der Waals surface area (Å²) in [5.74, 6) is 1.80. The van der Waals surface area contributed by atoms with Crippen molar-refractivity contribution in [1.82, 2.24) is 5.32 Å². The molecule has 0 saturated heterocycles. The molecule has 1 aromatic rings. The van der Waals surface area contributed by atoms with Crippen molar-refractivity contribution in [3.63, 3.8) is 0 Å². The summed E-state index contributed by atoms with van der Waals surface area (Å²) < 4.78 is 5.15. The summed E-state index contributed by atoms with van der Waals surface area (Å²) >= 11 is 0. The van der Waals surface area contributed by atoms with Crippen molar-refractivity contribution in [3.8, 4) is 5.75 Å². The smallest absolute Gasteiger partial charge is 0.188 e. The molecule has 1 atom stereocenters. The maximum atomic E-state index is 5.78. The number of ether oxygens (including phenoxy) is 1. The van der Waals surface area contributed by atoms with Gasteiger partial charge in [0.15, 0.2) is 5.96 Å². The van der Waals surface area contributed by atoms with Crippen LogP contribution in [0.5, 0.6) is 5.75 Å². The van der Waals surface area contributed by atoms with Gasteiger partial charge < -0.3 is 15.8 Å². The average molecular weight is 403 g/mol. The Morgan fingerprint density at radius 1 is 1.38 bits per heavy atom. The lowest BCUT2D eigenvalue weighted by Gasteiger charge is -2.10. The van der Waals surface area contributed by atoms with Gasteiger partial charge in [-0.05, 0) is 37.0 Å². The third kappa shape index (κ3) is 8.60. The minimum atomic E-state index is 0.